The van der Waals surface area contributed by atoms with Gasteiger partial charge in [-0.05, 0) is 38.3 Å². The van der Waals surface area contributed by atoms with Crippen LogP contribution in [-0.4, -0.2) is 25.7 Å². The van der Waals surface area contributed by atoms with Gasteiger partial charge in [0.15, 0.2) is 0 Å². The van der Waals surface area contributed by atoms with E-state index in [4.69, 9.17) is 4.42 Å². The van der Waals surface area contributed by atoms with Gasteiger partial charge in [-0.3, -0.25) is 14.6 Å². The van der Waals surface area contributed by atoms with E-state index >= 15 is 0 Å². The van der Waals surface area contributed by atoms with Gasteiger partial charge in [-0.2, -0.15) is 9.78 Å². The van der Waals surface area contributed by atoms with Gasteiger partial charge in [-0.15, -0.1) is 11.3 Å². The first-order valence-corrected chi connectivity index (χ1v) is 9.39. The van der Waals surface area contributed by atoms with E-state index in [0.717, 1.165) is 4.88 Å². The lowest BCUT2D eigenvalue weighted by molar-refractivity contribution is 0.102. The fourth-order valence-electron chi connectivity index (χ4n) is 2.88. The molecule has 4 aromatic rings. The molecule has 2 N–H and O–H groups in total. The number of H-pyrrole nitrogens is 1. The summed E-state index contributed by atoms with van der Waals surface area (Å²) in [5, 5.41) is 9.32. The number of thiophene rings is 1. The third-order valence-corrected chi connectivity index (χ3v) is 4.96. The molecule has 0 aliphatic rings. The van der Waals surface area contributed by atoms with Crippen LogP contribution in [0.3, 0.4) is 0 Å². The second-order valence-electron chi connectivity index (χ2n) is 6.30. The van der Waals surface area contributed by atoms with Crippen molar-refractivity contribution in [2.24, 2.45) is 0 Å². The molecule has 0 radical (unpaired) electrons. The van der Waals surface area contributed by atoms with Crippen molar-refractivity contribution in [1.82, 2.24) is 19.7 Å². The van der Waals surface area contributed by atoms with E-state index in [1.165, 1.54) is 22.1 Å². The van der Waals surface area contributed by atoms with E-state index in [-0.39, 0.29) is 17.4 Å². The van der Waals surface area contributed by atoms with Crippen LogP contribution in [-0.2, 0) is 0 Å². The van der Waals surface area contributed by atoms with Crippen LogP contribution in [0.4, 0.5) is 5.82 Å². The van der Waals surface area contributed by atoms with Crippen molar-refractivity contribution in [3.8, 4) is 16.5 Å². The van der Waals surface area contributed by atoms with Crippen molar-refractivity contribution in [1.29, 1.82) is 0 Å². The quantitative estimate of drug-likeness (QED) is 0.550. The normalized spacial score (nSPS) is 11.0. The Hall–Kier alpha value is -3.46. The van der Waals surface area contributed by atoms with E-state index in [1.54, 1.807) is 32.9 Å². The third-order valence-electron chi connectivity index (χ3n) is 4.07. The molecule has 0 unspecified atom stereocenters. The average Bonchev–Trinajstić information content (AvgIpc) is 3.33. The molecule has 0 aromatic carbocycles. The van der Waals surface area contributed by atoms with Gasteiger partial charge in [0.1, 0.15) is 23.0 Å². The van der Waals surface area contributed by atoms with Gasteiger partial charge in [0.25, 0.3) is 11.5 Å². The molecule has 1 amide bonds. The standard InChI is InChI=1S/C19H17N5O3S/c1-10-7-17(25)22-19(20-10)24-16(9-14(23-24)15-5-4-6-28-15)21-18(26)13-8-11(2)27-12(13)3/h4-9H,1-3H3,(H,21,26)(H,20,22,25). The number of rotatable bonds is 4. The predicted molar refractivity (Wildman–Crippen MR) is 106 cm³/mol. The number of anilines is 1. The van der Waals surface area contributed by atoms with Crippen LogP contribution in [0.1, 0.15) is 27.6 Å². The van der Waals surface area contributed by atoms with Gasteiger partial charge in [0.05, 0.1) is 10.4 Å². The van der Waals surface area contributed by atoms with E-state index in [1.807, 2.05) is 17.5 Å². The molecule has 4 aromatic heterocycles. The highest BCUT2D eigenvalue weighted by atomic mass is 32.1. The Kier molecular flexibility index (Phi) is 4.44. The maximum absolute atomic E-state index is 12.8. The highest BCUT2D eigenvalue weighted by Gasteiger charge is 2.19. The van der Waals surface area contributed by atoms with Gasteiger partial charge in [-0.1, -0.05) is 6.07 Å². The molecule has 0 bridgehead atoms. The summed E-state index contributed by atoms with van der Waals surface area (Å²) in [6, 6.07) is 8.66. The molecular formula is C19H17N5O3S. The van der Waals surface area contributed by atoms with Crippen molar-refractivity contribution in [3.63, 3.8) is 0 Å². The molecular weight excluding hydrogens is 378 g/mol. The van der Waals surface area contributed by atoms with E-state index in [2.05, 4.69) is 20.4 Å². The zero-order chi connectivity index (χ0) is 19.8. The highest BCUT2D eigenvalue weighted by Crippen LogP contribution is 2.27. The number of hydrogen-bond donors (Lipinski definition) is 2. The maximum Gasteiger partial charge on any atom is 0.260 e. The predicted octanol–water partition coefficient (Wildman–Crippen LogP) is 3.45. The molecule has 0 aliphatic heterocycles. The molecule has 142 valence electrons. The Morgan fingerprint density at radius 1 is 1.25 bits per heavy atom. The van der Waals surface area contributed by atoms with Crippen LogP contribution in [0.2, 0.25) is 0 Å². The molecule has 0 saturated carbocycles. The zero-order valence-electron chi connectivity index (χ0n) is 15.4. The SMILES string of the molecule is Cc1cc(=O)[nH]c(-n2nc(-c3cccs3)cc2NC(=O)c2cc(C)oc2C)n1. The summed E-state index contributed by atoms with van der Waals surface area (Å²) in [7, 11) is 0. The van der Waals surface area contributed by atoms with Crippen molar-refractivity contribution >= 4 is 23.1 Å². The third kappa shape index (κ3) is 3.39. The minimum atomic E-state index is -0.330. The van der Waals surface area contributed by atoms with E-state index in [0.29, 0.717) is 34.3 Å². The smallest absolute Gasteiger partial charge is 0.260 e. The van der Waals surface area contributed by atoms with Gasteiger partial charge < -0.3 is 9.73 Å². The Morgan fingerprint density at radius 2 is 2.07 bits per heavy atom. The first-order valence-electron chi connectivity index (χ1n) is 8.51. The topological polar surface area (TPSA) is 106 Å². The second-order valence-corrected chi connectivity index (χ2v) is 7.24. The lowest BCUT2D eigenvalue weighted by atomic mass is 10.2. The first kappa shape index (κ1) is 17.9. The number of carbonyl (C=O) groups excluding carboxylic acids is 1. The fourth-order valence-corrected chi connectivity index (χ4v) is 3.56. The Morgan fingerprint density at radius 3 is 2.71 bits per heavy atom. The summed E-state index contributed by atoms with van der Waals surface area (Å²) >= 11 is 1.52. The molecule has 28 heavy (non-hydrogen) atoms. The van der Waals surface area contributed by atoms with Crippen LogP contribution in [0.25, 0.3) is 16.5 Å². The number of nitrogens with zero attached hydrogens (tertiary/aromatic N) is 3. The molecule has 0 atom stereocenters. The van der Waals surface area contributed by atoms with Crippen molar-refractivity contribution in [2.75, 3.05) is 5.32 Å². The summed E-state index contributed by atoms with van der Waals surface area (Å²) < 4.78 is 6.86. The number of aromatic amines is 1. The largest absolute Gasteiger partial charge is 0.466 e. The van der Waals surface area contributed by atoms with Crippen LogP contribution < -0.4 is 10.9 Å². The Bertz CT molecular complexity index is 1220. The number of furan rings is 1. The van der Waals surface area contributed by atoms with Crippen molar-refractivity contribution in [2.45, 2.75) is 20.8 Å². The fraction of sp³-hybridized carbons (Fsp3) is 0.158. The minimum Gasteiger partial charge on any atom is -0.466 e. The minimum absolute atomic E-state index is 0.225. The molecule has 0 aliphatic carbocycles. The van der Waals surface area contributed by atoms with Crippen LogP contribution >= 0.6 is 11.3 Å². The maximum atomic E-state index is 12.8. The number of nitrogens with one attached hydrogen (secondary N) is 2. The lowest BCUT2D eigenvalue weighted by Crippen LogP contribution is -2.19. The van der Waals surface area contributed by atoms with Gasteiger partial charge in [0, 0.05) is 17.8 Å². The summed E-state index contributed by atoms with van der Waals surface area (Å²) in [6.07, 6.45) is 0. The summed E-state index contributed by atoms with van der Waals surface area (Å²) in [6.45, 7) is 5.23. The first-order chi connectivity index (χ1) is 13.4. The molecule has 4 heterocycles. The summed E-state index contributed by atoms with van der Waals surface area (Å²) in [4.78, 5) is 32.6. The monoisotopic (exact) mass is 395 g/mol. The number of aromatic nitrogens is 4. The van der Waals surface area contributed by atoms with Gasteiger partial charge in [0.2, 0.25) is 5.95 Å². The molecule has 0 saturated heterocycles. The number of aryl methyl sites for hydroxylation is 3. The van der Waals surface area contributed by atoms with Gasteiger partial charge in [-0.25, -0.2) is 4.98 Å². The second kappa shape index (κ2) is 6.93. The molecule has 9 heteroatoms. The molecule has 8 nitrogen and oxygen atoms in total. The number of hydrogen-bond acceptors (Lipinski definition) is 6. The van der Waals surface area contributed by atoms with E-state index in [9.17, 15) is 9.59 Å². The van der Waals surface area contributed by atoms with Crippen molar-refractivity contribution in [3.05, 3.63) is 68.8 Å². The van der Waals surface area contributed by atoms with Crippen molar-refractivity contribution < 1.29 is 9.21 Å². The van der Waals surface area contributed by atoms with Crippen LogP contribution in [0.5, 0.6) is 0 Å². The van der Waals surface area contributed by atoms with Gasteiger partial charge >= 0.3 is 0 Å². The highest BCUT2D eigenvalue weighted by molar-refractivity contribution is 7.13. The van der Waals surface area contributed by atoms with Crippen LogP contribution in [0, 0.1) is 20.8 Å². The molecule has 4 rings (SSSR count). The molecule has 0 fully saturated rings. The number of amides is 1. The Labute approximate surface area is 163 Å². The number of carbonyl (C=O) groups is 1. The lowest BCUT2D eigenvalue weighted by Gasteiger charge is -2.08. The summed E-state index contributed by atoms with van der Waals surface area (Å²) in [5.74, 6) is 1.47. The zero-order valence-corrected chi connectivity index (χ0v) is 16.3. The summed E-state index contributed by atoms with van der Waals surface area (Å²) in [5.41, 5.74) is 1.35. The molecule has 0 spiro atoms. The average molecular weight is 395 g/mol. The van der Waals surface area contributed by atoms with E-state index < -0.39 is 0 Å². The Balaban J connectivity index is 1.79. The van der Waals surface area contributed by atoms with Crippen LogP contribution in [0.15, 0.2) is 44.9 Å².